The molecule has 23 heavy (non-hydrogen) atoms. The SMILES string of the molecule is CC(C)[C@H](N)C(=O)NC1CCN(C(=O)Nc2ccccc2)CC1. The number of benzene rings is 1. The number of anilines is 1. The van der Waals surface area contributed by atoms with Crippen molar-refractivity contribution in [2.75, 3.05) is 18.4 Å². The van der Waals surface area contributed by atoms with Crippen LogP contribution in [-0.4, -0.2) is 42.0 Å². The zero-order valence-corrected chi connectivity index (χ0v) is 13.8. The van der Waals surface area contributed by atoms with Gasteiger partial charge in [-0.05, 0) is 30.9 Å². The van der Waals surface area contributed by atoms with Crippen molar-refractivity contribution < 1.29 is 9.59 Å². The third-order valence-electron chi connectivity index (χ3n) is 4.17. The molecule has 3 amide bonds. The maximum atomic E-state index is 12.2. The highest BCUT2D eigenvalue weighted by Crippen LogP contribution is 2.13. The van der Waals surface area contributed by atoms with E-state index in [1.165, 1.54) is 0 Å². The predicted molar refractivity (Wildman–Crippen MR) is 91.0 cm³/mol. The van der Waals surface area contributed by atoms with E-state index < -0.39 is 6.04 Å². The van der Waals surface area contributed by atoms with Gasteiger partial charge in [0.15, 0.2) is 0 Å². The van der Waals surface area contributed by atoms with Gasteiger partial charge in [0.25, 0.3) is 0 Å². The quantitative estimate of drug-likeness (QED) is 0.791. The molecule has 0 bridgehead atoms. The van der Waals surface area contributed by atoms with E-state index in [9.17, 15) is 9.59 Å². The van der Waals surface area contributed by atoms with E-state index in [2.05, 4.69) is 10.6 Å². The molecule has 6 nitrogen and oxygen atoms in total. The van der Waals surface area contributed by atoms with Gasteiger partial charge in [-0.2, -0.15) is 0 Å². The summed E-state index contributed by atoms with van der Waals surface area (Å²) in [6.45, 7) is 5.11. The molecule has 0 aromatic heterocycles. The number of rotatable bonds is 4. The molecule has 1 atom stereocenters. The number of piperidine rings is 1. The second-order valence-electron chi connectivity index (χ2n) is 6.34. The molecule has 1 aliphatic rings. The number of hydrogen-bond acceptors (Lipinski definition) is 3. The Hall–Kier alpha value is -2.08. The number of carbonyl (C=O) groups excluding carboxylic acids is 2. The van der Waals surface area contributed by atoms with Gasteiger partial charge in [-0.3, -0.25) is 4.79 Å². The predicted octanol–water partition coefficient (Wildman–Crippen LogP) is 1.78. The number of para-hydroxylation sites is 1. The average molecular weight is 318 g/mol. The molecule has 1 heterocycles. The fourth-order valence-corrected chi connectivity index (χ4v) is 2.55. The van der Waals surface area contributed by atoms with Gasteiger partial charge in [-0.25, -0.2) is 4.79 Å². The molecule has 2 rings (SSSR count). The number of nitrogens with zero attached hydrogens (tertiary/aromatic N) is 1. The summed E-state index contributed by atoms with van der Waals surface area (Å²) >= 11 is 0. The summed E-state index contributed by atoms with van der Waals surface area (Å²) in [6.07, 6.45) is 1.50. The van der Waals surface area contributed by atoms with Crippen molar-refractivity contribution in [3.05, 3.63) is 30.3 Å². The normalized spacial score (nSPS) is 17.0. The maximum absolute atomic E-state index is 12.2. The summed E-state index contributed by atoms with van der Waals surface area (Å²) in [4.78, 5) is 26.0. The molecule has 1 aliphatic heterocycles. The zero-order chi connectivity index (χ0) is 16.8. The average Bonchev–Trinajstić information content (AvgIpc) is 2.55. The van der Waals surface area contributed by atoms with Crippen LogP contribution in [0.4, 0.5) is 10.5 Å². The summed E-state index contributed by atoms with van der Waals surface area (Å²) in [5.41, 5.74) is 6.64. The van der Waals surface area contributed by atoms with Crippen molar-refractivity contribution in [2.24, 2.45) is 11.7 Å². The minimum absolute atomic E-state index is 0.0908. The number of amides is 3. The number of hydrogen-bond donors (Lipinski definition) is 3. The lowest BCUT2D eigenvalue weighted by atomic mass is 10.0. The van der Waals surface area contributed by atoms with Crippen LogP contribution in [0.1, 0.15) is 26.7 Å². The molecule has 0 spiro atoms. The van der Waals surface area contributed by atoms with E-state index in [1.54, 1.807) is 4.90 Å². The van der Waals surface area contributed by atoms with Crippen molar-refractivity contribution in [1.29, 1.82) is 0 Å². The Labute approximate surface area is 137 Å². The van der Waals surface area contributed by atoms with E-state index in [0.717, 1.165) is 18.5 Å². The van der Waals surface area contributed by atoms with Gasteiger partial charge in [-0.15, -0.1) is 0 Å². The maximum Gasteiger partial charge on any atom is 0.321 e. The van der Waals surface area contributed by atoms with E-state index >= 15 is 0 Å². The highest BCUT2D eigenvalue weighted by molar-refractivity contribution is 5.89. The Bertz CT molecular complexity index is 525. The van der Waals surface area contributed by atoms with Crippen LogP contribution in [0.2, 0.25) is 0 Å². The Morgan fingerprint density at radius 1 is 1.17 bits per heavy atom. The smallest absolute Gasteiger partial charge is 0.321 e. The molecule has 6 heteroatoms. The van der Waals surface area contributed by atoms with Crippen LogP contribution in [0, 0.1) is 5.92 Å². The van der Waals surface area contributed by atoms with Crippen LogP contribution >= 0.6 is 0 Å². The lowest BCUT2D eigenvalue weighted by molar-refractivity contribution is -0.124. The molecule has 0 unspecified atom stereocenters. The van der Waals surface area contributed by atoms with Crippen LogP contribution in [0.5, 0.6) is 0 Å². The monoisotopic (exact) mass is 318 g/mol. The molecular weight excluding hydrogens is 292 g/mol. The van der Waals surface area contributed by atoms with Crippen LogP contribution in [0.15, 0.2) is 30.3 Å². The Morgan fingerprint density at radius 3 is 2.35 bits per heavy atom. The minimum Gasteiger partial charge on any atom is -0.352 e. The fraction of sp³-hybridized carbons (Fsp3) is 0.529. The van der Waals surface area contributed by atoms with E-state index in [0.29, 0.717) is 13.1 Å². The summed E-state index contributed by atoms with van der Waals surface area (Å²) in [5, 5.41) is 5.87. The van der Waals surface area contributed by atoms with Gasteiger partial charge in [0, 0.05) is 24.8 Å². The standard InChI is InChI=1S/C17H26N4O2/c1-12(2)15(18)16(22)19-14-8-10-21(11-9-14)17(23)20-13-6-4-3-5-7-13/h3-7,12,14-15H,8-11,18H2,1-2H3,(H,19,22)(H,20,23)/t15-/m0/s1. The number of nitrogens with one attached hydrogen (secondary N) is 2. The molecule has 1 fully saturated rings. The van der Waals surface area contributed by atoms with Crippen molar-refractivity contribution in [3.8, 4) is 0 Å². The molecule has 126 valence electrons. The van der Waals surface area contributed by atoms with E-state index in [1.807, 2.05) is 44.2 Å². The van der Waals surface area contributed by atoms with Gasteiger partial charge in [0.2, 0.25) is 5.91 Å². The summed E-state index contributed by atoms with van der Waals surface area (Å²) in [7, 11) is 0. The highest BCUT2D eigenvalue weighted by Gasteiger charge is 2.26. The first-order valence-electron chi connectivity index (χ1n) is 8.14. The van der Waals surface area contributed by atoms with Crippen LogP contribution in [0.3, 0.4) is 0 Å². The van der Waals surface area contributed by atoms with Crippen LogP contribution < -0.4 is 16.4 Å². The van der Waals surface area contributed by atoms with Crippen molar-refractivity contribution in [2.45, 2.75) is 38.8 Å². The van der Waals surface area contributed by atoms with Gasteiger partial charge in [0.05, 0.1) is 6.04 Å². The van der Waals surface area contributed by atoms with Crippen molar-refractivity contribution in [1.82, 2.24) is 10.2 Å². The number of nitrogens with two attached hydrogens (primary N) is 1. The third kappa shape index (κ3) is 4.96. The van der Waals surface area contributed by atoms with Gasteiger partial charge < -0.3 is 21.3 Å². The molecule has 0 radical (unpaired) electrons. The second kappa shape index (κ2) is 7.97. The number of likely N-dealkylation sites (tertiary alicyclic amines) is 1. The van der Waals surface area contributed by atoms with E-state index in [4.69, 9.17) is 5.73 Å². The first-order chi connectivity index (χ1) is 11.0. The lowest BCUT2D eigenvalue weighted by Crippen LogP contribution is -2.52. The molecule has 1 saturated heterocycles. The molecule has 1 aromatic carbocycles. The van der Waals surface area contributed by atoms with E-state index in [-0.39, 0.29) is 23.9 Å². The highest BCUT2D eigenvalue weighted by atomic mass is 16.2. The number of urea groups is 1. The summed E-state index contributed by atoms with van der Waals surface area (Å²) < 4.78 is 0. The van der Waals surface area contributed by atoms with Crippen molar-refractivity contribution in [3.63, 3.8) is 0 Å². The topological polar surface area (TPSA) is 87.5 Å². The Kier molecular flexibility index (Phi) is 5.98. The van der Waals surface area contributed by atoms with Gasteiger partial charge in [-0.1, -0.05) is 32.0 Å². The number of carbonyl (C=O) groups is 2. The van der Waals surface area contributed by atoms with Crippen LogP contribution in [-0.2, 0) is 4.79 Å². The molecular formula is C17H26N4O2. The first kappa shape index (κ1) is 17.3. The zero-order valence-electron chi connectivity index (χ0n) is 13.8. The van der Waals surface area contributed by atoms with Crippen LogP contribution in [0.25, 0.3) is 0 Å². The minimum atomic E-state index is -0.477. The largest absolute Gasteiger partial charge is 0.352 e. The first-order valence-corrected chi connectivity index (χ1v) is 8.14. The van der Waals surface area contributed by atoms with Gasteiger partial charge in [0.1, 0.15) is 0 Å². The summed E-state index contributed by atoms with van der Waals surface area (Å²) in [5.74, 6) is 0.0129. The van der Waals surface area contributed by atoms with Gasteiger partial charge >= 0.3 is 6.03 Å². The fourth-order valence-electron chi connectivity index (χ4n) is 2.55. The molecule has 0 aliphatic carbocycles. The second-order valence-corrected chi connectivity index (χ2v) is 6.34. The Morgan fingerprint density at radius 2 is 1.78 bits per heavy atom. The lowest BCUT2D eigenvalue weighted by Gasteiger charge is -2.33. The summed E-state index contributed by atoms with van der Waals surface area (Å²) in [6, 6.07) is 8.91. The molecule has 4 N–H and O–H groups in total. The van der Waals surface area contributed by atoms with Crippen molar-refractivity contribution >= 4 is 17.6 Å². The Balaban J connectivity index is 1.77. The molecule has 1 aromatic rings. The molecule has 0 saturated carbocycles. The third-order valence-corrected chi connectivity index (χ3v) is 4.17.